The van der Waals surface area contributed by atoms with E-state index in [4.69, 9.17) is 0 Å². The second kappa shape index (κ2) is 5.74. The lowest BCUT2D eigenvalue weighted by Crippen LogP contribution is -2.39. The predicted octanol–water partition coefficient (Wildman–Crippen LogP) is 2.48. The molecule has 5 heteroatoms. The van der Waals surface area contributed by atoms with E-state index in [0.29, 0.717) is 0 Å². The van der Waals surface area contributed by atoms with Crippen molar-refractivity contribution in [3.8, 4) is 0 Å². The minimum Gasteiger partial charge on any atom is -0.349 e. The maximum absolute atomic E-state index is 13.4. The van der Waals surface area contributed by atoms with Crippen LogP contribution in [0.2, 0.25) is 0 Å². The summed E-state index contributed by atoms with van der Waals surface area (Å²) in [5.41, 5.74) is 0.924. The summed E-state index contributed by atoms with van der Waals surface area (Å²) in [6.07, 6.45) is 1.74. The highest BCUT2D eigenvalue weighted by Gasteiger charge is 2.32. The van der Waals surface area contributed by atoms with Gasteiger partial charge in [0, 0.05) is 16.7 Å². The lowest BCUT2D eigenvalue weighted by atomic mass is 9.98. The van der Waals surface area contributed by atoms with Crippen molar-refractivity contribution in [2.45, 2.75) is 36.7 Å². The number of hydrogen-bond acceptors (Lipinski definition) is 3. The molecule has 0 spiro atoms. The van der Waals surface area contributed by atoms with Gasteiger partial charge >= 0.3 is 0 Å². The number of carbonyl (C=O) groups excluding carboxylic acids is 1. The summed E-state index contributed by atoms with van der Waals surface area (Å²) in [5, 5.41) is 6.41. The lowest BCUT2D eigenvalue weighted by molar-refractivity contribution is -0.125. The zero-order chi connectivity index (χ0) is 14.1. The van der Waals surface area contributed by atoms with Crippen molar-refractivity contribution in [2.75, 3.05) is 12.3 Å². The first-order valence-electron chi connectivity index (χ1n) is 7.11. The fourth-order valence-corrected chi connectivity index (χ4v) is 4.12. The molecule has 0 radical (unpaired) electrons. The van der Waals surface area contributed by atoms with Crippen LogP contribution in [0.4, 0.5) is 4.39 Å². The van der Waals surface area contributed by atoms with Crippen LogP contribution in [0, 0.1) is 11.7 Å². The lowest BCUT2D eigenvalue weighted by Gasteiger charge is -2.27. The molecule has 0 aliphatic carbocycles. The molecular weight excluding hydrogens is 275 g/mol. The number of fused-ring (bicyclic) bond motifs is 1. The average Bonchev–Trinajstić information content (AvgIpc) is 2.86. The second-order valence-electron chi connectivity index (χ2n) is 5.52. The highest BCUT2D eigenvalue weighted by atomic mass is 32.2. The van der Waals surface area contributed by atoms with Crippen molar-refractivity contribution in [2.24, 2.45) is 5.92 Å². The third-order valence-corrected chi connectivity index (χ3v) is 5.31. The van der Waals surface area contributed by atoms with Crippen LogP contribution in [0.5, 0.6) is 0 Å². The number of thioether (sulfide) groups is 1. The Morgan fingerprint density at radius 3 is 3.05 bits per heavy atom. The molecule has 3 rings (SSSR count). The van der Waals surface area contributed by atoms with Crippen LogP contribution in [0.15, 0.2) is 23.1 Å². The molecule has 0 saturated carbocycles. The molecule has 3 nitrogen and oxygen atoms in total. The van der Waals surface area contributed by atoms with Crippen LogP contribution in [-0.2, 0) is 4.79 Å². The highest BCUT2D eigenvalue weighted by molar-refractivity contribution is 7.99. The zero-order valence-electron chi connectivity index (χ0n) is 11.5. The van der Waals surface area contributed by atoms with E-state index in [1.165, 1.54) is 6.07 Å². The molecule has 20 heavy (non-hydrogen) atoms. The van der Waals surface area contributed by atoms with E-state index >= 15 is 0 Å². The number of carbonyl (C=O) groups is 1. The van der Waals surface area contributed by atoms with Gasteiger partial charge in [0.1, 0.15) is 5.82 Å². The molecule has 1 aromatic carbocycles. The van der Waals surface area contributed by atoms with E-state index in [-0.39, 0.29) is 29.7 Å². The van der Waals surface area contributed by atoms with Gasteiger partial charge in [-0.3, -0.25) is 4.79 Å². The maximum Gasteiger partial charge on any atom is 0.225 e. The van der Waals surface area contributed by atoms with E-state index in [9.17, 15) is 9.18 Å². The second-order valence-corrected chi connectivity index (χ2v) is 6.66. The molecule has 3 atom stereocenters. The quantitative estimate of drug-likeness (QED) is 0.880. The highest BCUT2D eigenvalue weighted by Crippen LogP contribution is 2.36. The smallest absolute Gasteiger partial charge is 0.225 e. The molecule has 1 amide bonds. The molecule has 0 aromatic heterocycles. The Balaban J connectivity index is 1.76. The van der Waals surface area contributed by atoms with Crippen molar-refractivity contribution in [1.29, 1.82) is 0 Å². The molecular formula is C15H19FN2OS. The first-order chi connectivity index (χ1) is 9.65. The first kappa shape index (κ1) is 13.9. The summed E-state index contributed by atoms with van der Waals surface area (Å²) < 4.78 is 13.4. The molecule has 2 heterocycles. The summed E-state index contributed by atoms with van der Waals surface area (Å²) in [5.74, 6) is 0.847. The van der Waals surface area contributed by atoms with E-state index < -0.39 is 0 Å². The molecule has 0 bridgehead atoms. The SMILES string of the molecule is CC1NCCC1C(=O)NC1CCSc2ccc(F)cc21. The standard InChI is InChI=1S/C15H19FN2OS/c1-9-11(4-6-17-9)15(19)18-13-5-7-20-14-3-2-10(16)8-12(13)14/h2-3,8-9,11,13,17H,4-7H2,1H3,(H,18,19). The summed E-state index contributed by atoms with van der Waals surface area (Å²) >= 11 is 1.73. The molecule has 1 saturated heterocycles. The fraction of sp³-hybridized carbons (Fsp3) is 0.533. The molecule has 3 unspecified atom stereocenters. The number of nitrogens with one attached hydrogen (secondary N) is 2. The van der Waals surface area contributed by atoms with Crippen molar-refractivity contribution in [1.82, 2.24) is 10.6 Å². The largest absolute Gasteiger partial charge is 0.349 e. The summed E-state index contributed by atoms with van der Waals surface area (Å²) in [4.78, 5) is 13.5. The normalized spacial score (nSPS) is 29.0. The van der Waals surface area contributed by atoms with Gasteiger partial charge in [-0.1, -0.05) is 0 Å². The molecule has 1 fully saturated rings. The van der Waals surface area contributed by atoms with Crippen LogP contribution in [0.25, 0.3) is 0 Å². The topological polar surface area (TPSA) is 41.1 Å². The third-order valence-electron chi connectivity index (χ3n) is 4.19. The first-order valence-corrected chi connectivity index (χ1v) is 8.09. The number of benzene rings is 1. The Hall–Kier alpha value is -1.07. The van der Waals surface area contributed by atoms with Crippen LogP contribution >= 0.6 is 11.8 Å². The van der Waals surface area contributed by atoms with Gasteiger partial charge in [0.05, 0.1) is 12.0 Å². The van der Waals surface area contributed by atoms with Gasteiger partial charge in [-0.15, -0.1) is 11.8 Å². The summed E-state index contributed by atoms with van der Waals surface area (Å²) in [7, 11) is 0. The van der Waals surface area contributed by atoms with E-state index in [1.54, 1.807) is 17.8 Å². The minimum atomic E-state index is -0.235. The van der Waals surface area contributed by atoms with Crippen molar-refractivity contribution in [3.05, 3.63) is 29.6 Å². The Kier molecular flexibility index (Phi) is 3.98. The van der Waals surface area contributed by atoms with E-state index in [2.05, 4.69) is 10.6 Å². The predicted molar refractivity (Wildman–Crippen MR) is 78.2 cm³/mol. The van der Waals surface area contributed by atoms with Gasteiger partial charge in [0.2, 0.25) is 5.91 Å². The fourth-order valence-electron chi connectivity index (χ4n) is 3.01. The van der Waals surface area contributed by atoms with E-state index in [1.807, 2.05) is 13.0 Å². The van der Waals surface area contributed by atoms with Gasteiger partial charge in [0.25, 0.3) is 0 Å². The van der Waals surface area contributed by atoms with Crippen LogP contribution < -0.4 is 10.6 Å². The Bertz CT molecular complexity index is 523. The van der Waals surface area contributed by atoms with Gasteiger partial charge in [0.15, 0.2) is 0 Å². The van der Waals surface area contributed by atoms with Gasteiger partial charge in [-0.25, -0.2) is 4.39 Å². The Labute approximate surface area is 122 Å². The molecule has 2 aliphatic rings. The number of hydrogen-bond donors (Lipinski definition) is 2. The Morgan fingerprint density at radius 2 is 2.30 bits per heavy atom. The summed E-state index contributed by atoms with van der Waals surface area (Å²) in [6.45, 7) is 2.94. The number of rotatable bonds is 2. The number of halogens is 1. The zero-order valence-corrected chi connectivity index (χ0v) is 12.3. The van der Waals surface area contributed by atoms with E-state index in [0.717, 1.165) is 35.6 Å². The Morgan fingerprint density at radius 1 is 1.45 bits per heavy atom. The van der Waals surface area contributed by atoms with Crippen LogP contribution in [-0.4, -0.2) is 24.2 Å². The molecule has 2 aliphatic heterocycles. The van der Waals surface area contributed by atoms with Crippen molar-refractivity contribution >= 4 is 17.7 Å². The average molecular weight is 294 g/mol. The van der Waals surface area contributed by atoms with Crippen LogP contribution in [0.1, 0.15) is 31.4 Å². The minimum absolute atomic E-state index is 0.0292. The monoisotopic (exact) mass is 294 g/mol. The molecule has 2 N–H and O–H groups in total. The van der Waals surface area contributed by atoms with Gasteiger partial charge in [-0.05, 0) is 50.1 Å². The molecule has 1 aromatic rings. The summed E-state index contributed by atoms with van der Waals surface area (Å²) in [6, 6.07) is 5.03. The van der Waals surface area contributed by atoms with Crippen molar-refractivity contribution in [3.63, 3.8) is 0 Å². The van der Waals surface area contributed by atoms with Gasteiger partial charge < -0.3 is 10.6 Å². The van der Waals surface area contributed by atoms with Gasteiger partial charge in [-0.2, -0.15) is 0 Å². The third kappa shape index (κ3) is 2.69. The maximum atomic E-state index is 13.4. The van der Waals surface area contributed by atoms with Crippen molar-refractivity contribution < 1.29 is 9.18 Å². The number of amides is 1. The molecule has 108 valence electrons. The van der Waals surface area contributed by atoms with Crippen LogP contribution in [0.3, 0.4) is 0 Å².